The van der Waals surface area contributed by atoms with E-state index in [0.29, 0.717) is 28.1 Å². The van der Waals surface area contributed by atoms with Gasteiger partial charge in [-0.05, 0) is 38.2 Å². The summed E-state index contributed by atoms with van der Waals surface area (Å²) in [5, 5.41) is 9.78. The molecule has 1 fully saturated rings. The minimum absolute atomic E-state index is 0.0364. The number of aromatic nitrogens is 2. The van der Waals surface area contributed by atoms with Crippen LogP contribution in [-0.2, 0) is 7.05 Å². The van der Waals surface area contributed by atoms with Gasteiger partial charge in [-0.25, -0.2) is 4.98 Å². The number of rotatable bonds is 3. The van der Waals surface area contributed by atoms with E-state index in [1.54, 1.807) is 7.05 Å². The summed E-state index contributed by atoms with van der Waals surface area (Å²) in [5.41, 5.74) is 0.602. The summed E-state index contributed by atoms with van der Waals surface area (Å²) in [6.45, 7) is 2.62. The van der Waals surface area contributed by atoms with E-state index in [9.17, 15) is 14.7 Å². The average Bonchev–Trinajstić information content (AvgIpc) is 2.89. The number of hydrogen-bond acceptors (Lipinski definition) is 5. The van der Waals surface area contributed by atoms with Crippen LogP contribution in [0.25, 0.3) is 10.2 Å². The number of nitrogens with zero attached hydrogens (tertiary/aromatic N) is 3. The predicted octanol–water partition coefficient (Wildman–Crippen LogP) is 1.68. The molecule has 3 rings (SSSR count). The van der Waals surface area contributed by atoms with Crippen LogP contribution in [0.15, 0.2) is 11.1 Å². The lowest BCUT2D eigenvalue weighted by atomic mass is 9.99. The highest BCUT2D eigenvalue weighted by Gasteiger charge is 2.30. The fourth-order valence-corrected chi connectivity index (χ4v) is 4.36. The third-order valence-electron chi connectivity index (χ3n) is 4.56. The van der Waals surface area contributed by atoms with E-state index in [1.165, 1.54) is 22.2 Å². The maximum Gasteiger partial charge on any atom is 0.264 e. The highest BCUT2D eigenvalue weighted by molar-refractivity contribution is 7.20. The number of aryl methyl sites for hydroxylation is 2. The first-order chi connectivity index (χ1) is 11.0. The Balaban J connectivity index is 2.02. The van der Waals surface area contributed by atoms with Crippen molar-refractivity contribution in [2.75, 3.05) is 13.2 Å². The molecule has 0 bridgehead atoms. The van der Waals surface area contributed by atoms with Gasteiger partial charge in [0.25, 0.3) is 11.5 Å². The third kappa shape index (κ3) is 2.79. The summed E-state index contributed by atoms with van der Waals surface area (Å²) in [7, 11) is 1.66. The zero-order valence-electron chi connectivity index (χ0n) is 13.4. The second-order valence-corrected chi connectivity index (χ2v) is 7.06. The number of piperidine rings is 1. The molecule has 1 saturated heterocycles. The van der Waals surface area contributed by atoms with E-state index in [4.69, 9.17) is 0 Å². The topological polar surface area (TPSA) is 75.4 Å². The monoisotopic (exact) mass is 335 g/mol. The highest BCUT2D eigenvalue weighted by atomic mass is 32.1. The van der Waals surface area contributed by atoms with Crippen molar-refractivity contribution in [3.05, 3.63) is 27.1 Å². The smallest absolute Gasteiger partial charge is 0.264 e. The molecule has 0 aromatic carbocycles. The molecule has 7 heteroatoms. The van der Waals surface area contributed by atoms with Gasteiger partial charge < -0.3 is 14.6 Å². The van der Waals surface area contributed by atoms with Crippen molar-refractivity contribution >= 4 is 27.5 Å². The number of carbonyl (C=O) groups is 1. The fourth-order valence-electron chi connectivity index (χ4n) is 3.26. The number of aliphatic hydroxyl groups is 1. The Labute approximate surface area is 138 Å². The summed E-state index contributed by atoms with van der Waals surface area (Å²) in [5.74, 6) is -0.0364. The van der Waals surface area contributed by atoms with Crippen LogP contribution < -0.4 is 5.56 Å². The highest BCUT2D eigenvalue weighted by Crippen LogP contribution is 2.30. The molecule has 2 aromatic rings. The zero-order chi connectivity index (χ0) is 16.6. The lowest BCUT2D eigenvalue weighted by Crippen LogP contribution is -2.44. The molecule has 0 aliphatic carbocycles. The molecule has 1 unspecified atom stereocenters. The molecule has 23 heavy (non-hydrogen) atoms. The largest absolute Gasteiger partial charge is 0.396 e. The van der Waals surface area contributed by atoms with Crippen LogP contribution in [0.2, 0.25) is 0 Å². The second kappa shape index (κ2) is 6.41. The van der Waals surface area contributed by atoms with E-state index in [1.807, 2.05) is 11.8 Å². The second-order valence-electron chi connectivity index (χ2n) is 6.06. The van der Waals surface area contributed by atoms with Gasteiger partial charge in [-0.3, -0.25) is 9.59 Å². The molecule has 0 saturated carbocycles. The Morgan fingerprint density at radius 2 is 2.26 bits per heavy atom. The molecule has 1 aliphatic heterocycles. The molecular formula is C16H21N3O3S. The zero-order valence-corrected chi connectivity index (χ0v) is 14.2. The molecule has 6 nitrogen and oxygen atoms in total. The van der Waals surface area contributed by atoms with Crippen LogP contribution in [0, 0.1) is 6.92 Å². The van der Waals surface area contributed by atoms with Crippen molar-refractivity contribution in [2.24, 2.45) is 7.05 Å². The van der Waals surface area contributed by atoms with Gasteiger partial charge in [-0.1, -0.05) is 0 Å². The summed E-state index contributed by atoms with van der Waals surface area (Å²) < 4.78 is 1.44. The molecule has 2 aromatic heterocycles. The van der Waals surface area contributed by atoms with Crippen molar-refractivity contribution < 1.29 is 9.90 Å². The van der Waals surface area contributed by atoms with E-state index in [2.05, 4.69) is 4.98 Å². The van der Waals surface area contributed by atoms with Crippen molar-refractivity contribution in [2.45, 2.75) is 38.6 Å². The van der Waals surface area contributed by atoms with E-state index in [-0.39, 0.29) is 24.1 Å². The average molecular weight is 335 g/mol. The first-order valence-electron chi connectivity index (χ1n) is 7.91. The standard InChI is InChI=1S/C16H21N3O3S/c1-10-12-14(17-9-18(2)15(12)21)23-13(10)16(22)19-7-4-3-5-11(19)6-8-20/h9,11,20H,3-8H2,1-2H3. The number of aliphatic hydroxyl groups excluding tert-OH is 1. The number of likely N-dealkylation sites (tertiary alicyclic amines) is 1. The van der Waals surface area contributed by atoms with Crippen LogP contribution in [0.5, 0.6) is 0 Å². The van der Waals surface area contributed by atoms with Crippen LogP contribution in [-0.4, -0.2) is 44.7 Å². The Hall–Kier alpha value is -1.73. The Morgan fingerprint density at radius 1 is 1.48 bits per heavy atom. The van der Waals surface area contributed by atoms with Gasteiger partial charge in [-0.15, -0.1) is 11.3 Å². The summed E-state index contributed by atoms with van der Waals surface area (Å²) in [6.07, 6.45) is 5.09. The van der Waals surface area contributed by atoms with Gasteiger partial charge in [0, 0.05) is 26.2 Å². The fraction of sp³-hybridized carbons (Fsp3) is 0.562. The lowest BCUT2D eigenvalue weighted by molar-refractivity contribution is 0.0579. The van der Waals surface area contributed by atoms with E-state index in [0.717, 1.165) is 24.8 Å². The molecule has 3 heterocycles. The van der Waals surface area contributed by atoms with Gasteiger partial charge in [0.15, 0.2) is 0 Å². The van der Waals surface area contributed by atoms with Crippen molar-refractivity contribution in [3.8, 4) is 0 Å². The summed E-state index contributed by atoms with van der Waals surface area (Å²) in [4.78, 5) is 32.6. The first kappa shape index (κ1) is 16.1. The van der Waals surface area contributed by atoms with E-state index < -0.39 is 0 Å². The Morgan fingerprint density at radius 3 is 3.00 bits per heavy atom. The van der Waals surface area contributed by atoms with Crippen LogP contribution in [0.4, 0.5) is 0 Å². The predicted molar refractivity (Wildman–Crippen MR) is 90.0 cm³/mol. The summed E-state index contributed by atoms with van der Waals surface area (Å²) in [6, 6.07) is 0.0849. The van der Waals surface area contributed by atoms with Gasteiger partial charge in [0.05, 0.1) is 16.6 Å². The van der Waals surface area contributed by atoms with Gasteiger partial charge in [-0.2, -0.15) is 0 Å². The maximum absolute atomic E-state index is 13.0. The minimum Gasteiger partial charge on any atom is -0.396 e. The number of carbonyl (C=O) groups excluding carboxylic acids is 1. The molecule has 124 valence electrons. The SMILES string of the molecule is Cc1c(C(=O)N2CCCCC2CCO)sc2ncn(C)c(=O)c12. The van der Waals surface area contributed by atoms with E-state index >= 15 is 0 Å². The Kier molecular flexibility index (Phi) is 4.50. The molecule has 1 aliphatic rings. The maximum atomic E-state index is 13.0. The minimum atomic E-state index is -0.117. The van der Waals surface area contributed by atoms with Gasteiger partial charge in [0.1, 0.15) is 4.83 Å². The van der Waals surface area contributed by atoms with Gasteiger partial charge in [0.2, 0.25) is 0 Å². The molecule has 1 atom stereocenters. The van der Waals surface area contributed by atoms with Crippen LogP contribution in [0.3, 0.4) is 0 Å². The molecule has 1 amide bonds. The van der Waals surface area contributed by atoms with Crippen molar-refractivity contribution in [1.29, 1.82) is 0 Å². The molecule has 0 radical (unpaired) electrons. The lowest BCUT2D eigenvalue weighted by Gasteiger charge is -2.35. The number of hydrogen-bond donors (Lipinski definition) is 1. The van der Waals surface area contributed by atoms with Crippen molar-refractivity contribution in [3.63, 3.8) is 0 Å². The Bertz CT molecular complexity index is 794. The first-order valence-corrected chi connectivity index (χ1v) is 8.72. The molecular weight excluding hydrogens is 314 g/mol. The normalized spacial score (nSPS) is 18.6. The van der Waals surface area contributed by atoms with Crippen molar-refractivity contribution in [1.82, 2.24) is 14.5 Å². The van der Waals surface area contributed by atoms with Crippen LogP contribution in [0.1, 0.15) is 40.9 Å². The third-order valence-corrected chi connectivity index (χ3v) is 5.74. The number of thiophene rings is 1. The number of amides is 1. The van der Waals surface area contributed by atoms with Gasteiger partial charge >= 0.3 is 0 Å². The summed E-state index contributed by atoms with van der Waals surface area (Å²) >= 11 is 1.29. The molecule has 0 spiro atoms. The molecule has 1 N–H and O–H groups in total. The quantitative estimate of drug-likeness (QED) is 0.926. The van der Waals surface area contributed by atoms with Crippen LogP contribution >= 0.6 is 11.3 Å². The number of fused-ring (bicyclic) bond motifs is 1.